The van der Waals surface area contributed by atoms with Crippen LogP contribution in [0.2, 0.25) is 0 Å². The molecule has 2 nitrogen and oxygen atoms in total. The van der Waals surface area contributed by atoms with Crippen molar-refractivity contribution >= 4 is 5.97 Å². The van der Waals surface area contributed by atoms with E-state index < -0.39 is 0 Å². The van der Waals surface area contributed by atoms with Gasteiger partial charge in [0.15, 0.2) is 0 Å². The molecule has 4 aliphatic carbocycles. The molecule has 4 unspecified atom stereocenters. The van der Waals surface area contributed by atoms with Gasteiger partial charge in [-0.25, -0.2) is 0 Å². The second kappa shape index (κ2) is 8.95. The minimum atomic E-state index is -0.117. The molecule has 34 heavy (non-hydrogen) atoms. The van der Waals surface area contributed by atoms with Gasteiger partial charge in [-0.2, -0.15) is 0 Å². The van der Waals surface area contributed by atoms with E-state index in [4.69, 9.17) is 4.74 Å². The Morgan fingerprint density at radius 2 is 1.74 bits per heavy atom. The fourth-order valence-corrected chi connectivity index (χ4v) is 10.0. The Balaban J connectivity index is 1.60. The average Bonchev–Trinajstić information content (AvgIpc) is 3.05. The predicted octanol–water partition coefficient (Wildman–Crippen LogP) is 8.99. The lowest BCUT2D eigenvalue weighted by Gasteiger charge is -2.64. The highest BCUT2D eigenvalue weighted by Gasteiger charge is 2.65. The van der Waals surface area contributed by atoms with Gasteiger partial charge in [-0.3, -0.25) is 4.79 Å². The van der Waals surface area contributed by atoms with Crippen LogP contribution >= 0.6 is 0 Å². The van der Waals surface area contributed by atoms with Crippen LogP contribution in [0.1, 0.15) is 127 Å². The van der Waals surface area contributed by atoms with Crippen LogP contribution in [-0.2, 0) is 9.53 Å². The lowest BCUT2D eigenvalue weighted by atomic mass is 9.41. The van der Waals surface area contributed by atoms with Gasteiger partial charge >= 0.3 is 5.97 Å². The number of hydrogen-bond donors (Lipinski definition) is 0. The lowest BCUT2D eigenvalue weighted by Crippen LogP contribution is -2.58. The van der Waals surface area contributed by atoms with Crippen molar-refractivity contribution in [2.24, 2.45) is 51.2 Å². The number of hydrogen-bond acceptors (Lipinski definition) is 2. The van der Waals surface area contributed by atoms with E-state index in [9.17, 15) is 4.79 Å². The van der Waals surface area contributed by atoms with Crippen molar-refractivity contribution in [3.05, 3.63) is 11.6 Å². The SMILES string of the molecule is CCC(C)CC[C@H](C)C1CC[C@@]2(C)C3=CCC4C(C)(C)[C@@H](OC(C)=O)CC[C@]4(C)C3CC[C@]12C. The van der Waals surface area contributed by atoms with Gasteiger partial charge in [-0.05, 0) is 90.8 Å². The summed E-state index contributed by atoms with van der Waals surface area (Å²) in [6, 6.07) is 0. The summed E-state index contributed by atoms with van der Waals surface area (Å²) in [5.74, 6) is 3.74. The van der Waals surface area contributed by atoms with Crippen molar-refractivity contribution in [2.45, 2.75) is 133 Å². The van der Waals surface area contributed by atoms with Gasteiger partial charge in [-0.1, -0.05) is 86.3 Å². The average molecular weight is 471 g/mol. The van der Waals surface area contributed by atoms with E-state index in [-0.39, 0.29) is 17.5 Å². The second-order valence-corrected chi connectivity index (χ2v) is 14.5. The van der Waals surface area contributed by atoms with Gasteiger partial charge in [0, 0.05) is 12.3 Å². The molecule has 194 valence electrons. The Hall–Kier alpha value is -0.790. The molecule has 0 saturated heterocycles. The molecule has 0 amide bonds. The standard InChI is InChI=1S/C32H54O2/c1-10-21(2)11-12-22(3)24-15-19-32(9)26-13-14-27-29(5,6)28(34-23(4)33)17-18-30(27,7)25(26)16-20-31(24,32)8/h13,21-22,24-25,27-28H,10-12,14-20H2,1-9H3/t21?,22-,24?,25?,27?,28-,30+,31+,32-/m0/s1. The molecular formula is C32H54O2. The number of ether oxygens (including phenoxy) is 1. The van der Waals surface area contributed by atoms with Crippen molar-refractivity contribution in [3.63, 3.8) is 0 Å². The Bertz CT molecular complexity index is 810. The first-order valence-electron chi connectivity index (χ1n) is 14.7. The van der Waals surface area contributed by atoms with Gasteiger partial charge < -0.3 is 4.74 Å². The summed E-state index contributed by atoms with van der Waals surface area (Å²) >= 11 is 0. The van der Waals surface area contributed by atoms with Gasteiger partial charge in [0.2, 0.25) is 0 Å². The maximum absolute atomic E-state index is 11.8. The Labute approximate surface area is 211 Å². The number of rotatable bonds is 6. The fourth-order valence-electron chi connectivity index (χ4n) is 10.0. The first kappa shape index (κ1) is 26.3. The van der Waals surface area contributed by atoms with Gasteiger partial charge in [0.1, 0.15) is 6.10 Å². The van der Waals surface area contributed by atoms with Crippen molar-refractivity contribution in [3.8, 4) is 0 Å². The molecular weight excluding hydrogens is 416 g/mol. The molecule has 3 fully saturated rings. The molecule has 3 saturated carbocycles. The summed E-state index contributed by atoms with van der Waals surface area (Å²) < 4.78 is 5.87. The normalized spacial score (nSPS) is 44.8. The third-order valence-electron chi connectivity index (χ3n) is 12.6. The monoisotopic (exact) mass is 470 g/mol. The molecule has 0 aliphatic heterocycles. The molecule has 0 heterocycles. The van der Waals surface area contributed by atoms with E-state index in [2.05, 4.69) is 61.5 Å². The maximum Gasteiger partial charge on any atom is 0.302 e. The maximum atomic E-state index is 11.8. The lowest BCUT2D eigenvalue weighted by molar-refractivity contribution is -0.174. The largest absolute Gasteiger partial charge is 0.462 e. The van der Waals surface area contributed by atoms with E-state index in [0.29, 0.717) is 28.1 Å². The van der Waals surface area contributed by atoms with E-state index in [0.717, 1.165) is 30.6 Å². The van der Waals surface area contributed by atoms with Crippen molar-refractivity contribution < 1.29 is 9.53 Å². The van der Waals surface area contributed by atoms with Crippen molar-refractivity contribution in [1.82, 2.24) is 0 Å². The summed E-state index contributed by atoms with van der Waals surface area (Å²) in [7, 11) is 0. The fraction of sp³-hybridized carbons (Fsp3) is 0.906. The van der Waals surface area contributed by atoms with Crippen molar-refractivity contribution in [1.29, 1.82) is 0 Å². The van der Waals surface area contributed by atoms with E-state index >= 15 is 0 Å². The van der Waals surface area contributed by atoms with Gasteiger partial charge in [0.05, 0.1) is 0 Å². The molecule has 2 heteroatoms. The first-order valence-corrected chi connectivity index (χ1v) is 14.7. The van der Waals surface area contributed by atoms with Crippen LogP contribution in [0.3, 0.4) is 0 Å². The van der Waals surface area contributed by atoms with Crippen molar-refractivity contribution in [2.75, 3.05) is 0 Å². The van der Waals surface area contributed by atoms with Crippen LogP contribution in [0, 0.1) is 51.2 Å². The van der Waals surface area contributed by atoms with Crippen LogP contribution in [0.5, 0.6) is 0 Å². The number of allylic oxidation sites excluding steroid dienone is 2. The zero-order valence-corrected chi connectivity index (χ0v) is 23.9. The molecule has 0 N–H and O–H groups in total. The number of carbonyl (C=O) groups is 1. The summed E-state index contributed by atoms with van der Waals surface area (Å²) in [5.41, 5.74) is 2.99. The Kier molecular flexibility index (Phi) is 6.92. The molecule has 0 radical (unpaired) electrons. The molecule has 0 spiro atoms. The molecule has 4 rings (SSSR count). The van der Waals surface area contributed by atoms with Crippen LogP contribution in [-0.4, -0.2) is 12.1 Å². The van der Waals surface area contributed by atoms with Crippen LogP contribution in [0.25, 0.3) is 0 Å². The minimum Gasteiger partial charge on any atom is -0.462 e. The Morgan fingerprint density at radius 3 is 2.38 bits per heavy atom. The van der Waals surface area contributed by atoms with Gasteiger partial charge in [0.25, 0.3) is 0 Å². The number of fused-ring (bicyclic) bond motifs is 5. The summed E-state index contributed by atoms with van der Waals surface area (Å²) in [4.78, 5) is 11.8. The molecule has 0 bridgehead atoms. The van der Waals surface area contributed by atoms with E-state index in [1.54, 1.807) is 6.92 Å². The number of carbonyl (C=O) groups excluding carboxylic acids is 1. The van der Waals surface area contributed by atoms with Gasteiger partial charge in [-0.15, -0.1) is 0 Å². The zero-order valence-electron chi connectivity index (χ0n) is 23.9. The number of esters is 1. The molecule has 0 aromatic rings. The topological polar surface area (TPSA) is 26.3 Å². The molecule has 0 aromatic heterocycles. The predicted molar refractivity (Wildman–Crippen MR) is 142 cm³/mol. The highest BCUT2D eigenvalue weighted by molar-refractivity contribution is 5.66. The first-order chi connectivity index (χ1) is 15.8. The van der Waals surface area contributed by atoms with Crippen LogP contribution < -0.4 is 0 Å². The smallest absolute Gasteiger partial charge is 0.302 e. The Morgan fingerprint density at radius 1 is 1.03 bits per heavy atom. The molecule has 0 aromatic carbocycles. The molecule has 9 atom stereocenters. The summed E-state index contributed by atoms with van der Waals surface area (Å²) in [6.45, 7) is 21.6. The quantitative estimate of drug-likeness (QED) is 0.286. The van der Waals surface area contributed by atoms with E-state index in [1.165, 1.54) is 51.4 Å². The highest BCUT2D eigenvalue weighted by atomic mass is 16.5. The zero-order chi connectivity index (χ0) is 25.1. The van der Waals surface area contributed by atoms with Crippen LogP contribution in [0.4, 0.5) is 0 Å². The third-order valence-corrected chi connectivity index (χ3v) is 12.6. The summed E-state index contributed by atoms with van der Waals surface area (Å²) in [6.07, 6.45) is 15.8. The van der Waals surface area contributed by atoms with E-state index in [1.807, 2.05) is 5.57 Å². The third kappa shape index (κ3) is 3.83. The second-order valence-electron chi connectivity index (χ2n) is 14.5. The van der Waals surface area contributed by atoms with Crippen LogP contribution in [0.15, 0.2) is 11.6 Å². The minimum absolute atomic E-state index is 0.0328. The summed E-state index contributed by atoms with van der Waals surface area (Å²) in [5, 5.41) is 0. The highest BCUT2D eigenvalue weighted by Crippen LogP contribution is 2.73. The molecule has 4 aliphatic rings.